The topological polar surface area (TPSA) is 0 Å². The predicted molar refractivity (Wildman–Crippen MR) is 130 cm³/mol. The van der Waals surface area contributed by atoms with E-state index in [-0.39, 0.29) is 0 Å². The van der Waals surface area contributed by atoms with Gasteiger partial charge in [-0.2, -0.15) is 0 Å². The van der Waals surface area contributed by atoms with Gasteiger partial charge in [-0.25, -0.2) is 0 Å². The summed E-state index contributed by atoms with van der Waals surface area (Å²) in [5.41, 5.74) is 1.27. The molecule has 0 N–H and O–H groups in total. The molecule has 28 heavy (non-hydrogen) atoms. The predicted octanol–water partition coefficient (Wildman–Crippen LogP) is 6.12. The van der Waals surface area contributed by atoms with Crippen molar-refractivity contribution in [1.82, 2.24) is 0 Å². The van der Waals surface area contributed by atoms with E-state index in [0.717, 1.165) is 0 Å². The fraction of sp³-hybridized carbons (Fsp3) is 0.0400. The Morgan fingerprint density at radius 3 is 1.89 bits per heavy atom. The Hall–Kier alpha value is -2.25. The minimum atomic E-state index is -2.16. The average molecular weight is 415 g/mol. The molecule has 0 aliphatic heterocycles. The molecule has 4 aromatic carbocycles. The molecule has 0 nitrogen and oxygen atoms in total. The zero-order valence-electron chi connectivity index (χ0n) is 15.5. The van der Waals surface area contributed by atoms with Gasteiger partial charge in [0.25, 0.3) is 0 Å². The van der Waals surface area contributed by atoms with E-state index in [2.05, 4.69) is 104 Å². The summed E-state index contributed by atoms with van der Waals surface area (Å²) >= 11 is 8.49. The maximum atomic E-state index is 6.61. The quantitative estimate of drug-likeness (QED) is 0.321. The zero-order chi connectivity index (χ0) is 19.1. The minimum Gasteiger partial charge on any atom is -0.134 e. The van der Waals surface area contributed by atoms with Gasteiger partial charge in [0.2, 0.25) is 0 Å². The van der Waals surface area contributed by atoms with Crippen LogP contribution in [0.5, 0.6) is 0 Å². The monoisotopic (exact) mass is 414 g/mol. The normalized spacial score (nSPS) is 11.9. The Kier molecular flexibility index (Phi) is 4.44. The number of thiophene rings is 1. The Morgan fingerprint density at radius 1 is 0.679 bits per heavy atom. The number of hydrogen-bond donors (Lipinski definition) is 0. The molecular weight excluding hydrogens is 395 g/mol. The van der Waals surface area contributed by atoms with E-state index >= 15 is 0 Å². The maximum Gasteiger partial charge on any atom is 0.0446 e. The van der Waals surface area contributed by atoms with Crippen molar-refractivity contribution in [2.45, 2.75) is 6.92 Å². The van der Waals surface area contributed by atoms with Crippen LogP contribution in [-0.2, 0) is 11.8 Å². The molecule has 1 aromatic heterocycles. The molecular formula is C25H19PS2. The Labute approximate surface area is 174 Å². The van der Waals surface area contributed by atoms with Gasteiger partial charge in [-0.05, 0) is 41.3 Å². The van der Waals surface area contributed by atoms with Gasteiger partial charge in [-0.15, -0.1) is 11.3 Å². The second-order valence-corrected chi connectivity index (χ2v) is 12.5. The molecule has 0 aliphatic rings. The van der Waals surface area contributed by atoms with Gasteiger partial charge >= 0.3 is 0 Å². The van der Waals surface area contributed by atoms with Crippen LogP contribution in [0.4, 0.5) is 0 Å². The van der Waals surface area contributed by atoms with Crippen molar-refractivity contribution in [3.05, 3.63) is 103 Å². The molecule has 0 saturated heterocycles. The Bertz CT molecular complexity index is 1290. The number of benzene rings is 4. The van der Waals surface area contributed by atoms with Gasteiger partial charge in [0.1, 0.15) is 0 Å². The van der Waals surface area contributed by atoms with Crippen LogP contribution in [0.25, 0.3) is 20.2 Å². The van der Waals surface area contributed by atoms with Crippen LogP contribution in [0, 0.1) is 6.92 Å². The number of aryl methyl sites for hydroxylation is 1. The molecule has 5 aromatic rings. The van der Waals surface area contributed by atoms with Crippen molar-refractivity contribution < 1.29 is 0 Å². The molecule has 0 amide bonds. The summed E-state index contributed by atoms with van der Waals surface area (Å²) in [6.45, 7) is 2.19. The van der Waals surface area contributed by atoms with E-state index in [1.165, 1.54) is 41.6 Å². The largest absolute Gasteiger partial charge is 0.134 e. The highest BCUT2D eigenvalue weighted by Crippen LogP contribution is 2.47. The van der Waals surface area contributed by atoms with Crippen molar-refractivity contribution in [2.75, 3.05) is 0 Å². The smallest absolute Gasteiger partial charge is 0.0446 e. The molecule has 0 aliphatic carbocycles. The molecule has 0 saturated carbocycles. The highest BCUT2D eigenvalue weighted by Gasteiger charge is 2.28. The SMILES string of the molecule is Cc1cc(P(=S)(c2ccccc2)c2ccccc2)c2sc3ccccc3c2c1. The third-order valence-corrected chi connectivity index (χ3v) is 11.5. The first kappa shape index (κ1) is 17.8. The van der Waals surface area contributed by atoms with Crippen LogP contribution in [0.15, 0.2) is 97.1 Å². The third kappa shape index (κ3) is 2.76. The second kappa shape index (κ2) is 6.97. The summed E-state index contributed by atoms with van der Waals surface area (Å²) in [7, 11) is 0. The lowest BCUT2D eigenvalue weighted by Crippen LogP contribution is -2.25. The zero-order valence-corrected chi connectivity index (χ0v) is 18.0. The van der Waals surface area contributed by atoms with Crippen molar-refractivity contribution in [2.24, 2.45) is 0 Å². The maximum absolute atomic E-state index is 6.61. The van der Waals surface area contributed by atoms with Crippen molar-refractivity contribution in [3.8, 4) is 0 Å². The van der Waals surface area contributed by atoms with E-state index in [4.69, 9.17) is 11.8 Å². The average Bonchev–Trinajstić information content (AvgIpc) is 3.12. The van der Waals surface area contributed by atoms with Gasteiger partial charge in [0.05, 0.1) is 0 Å². The fourth-order valence-electron chi connectivity index (χ4n) is 3.89. The van der Waals surface area contributed by atoms with Crippen molar-refractivity contribution in [1.29, 1.82) is 0 Å². The molecule has 5 rings (SSSR count). The van der Waals surface area contributed by atoms with E-state index in [1.807, 2.05) is 11.3 Å². The summed E-state index contributed by atoms with van der Waals surface area (Å²) in [6, 6.07) is 32.6. The van der Waals surface area contributed by atoms with Crippen LogP contribution in [0.3, 0.4) is 0 Å². The molecule has 0 fully saturated rings. The van der Waals surface area contributed by atoms with Crippen molar-refractivity contribution in [3.63, 3.8) is 0 Å². The fourth-order valence-corrected chi connectivity index (χ4v) is 9.70. The summed E-state index contributed by atoms with van der Waals surface area (Å²) in [5, 5.41) is 6.48. The summed E-state index contributed by atoms with van der Waals surface area (Å²) < 4.78 is 2.66. The highest BCUT2D eigenvalue weighted by molar-refractivity contribution is 8.25. The van der Waals surface area contributed by atoms with E-state index in [9.17, 15) is 0 Å². The third-order valence-electron chi connectivity index (χ3n) is 5.18. The van der Waals surface area contributed by atoms with Crippen LogP contribution in [-0.4, -0.2) is 0 Å². The Morgan fingerprint density at radius 2 is 1.25 bits per heavy atom. The minimum absolute atomic E-state index is 1.25. The Balaban J connectivity index is 1.93. The summed E-state index contributed by atoms with van der Waals surface area (Å²) in [5.74, 6) is 0. The molecule has 0 radical (unpaired) electrons. The van der Waals surface area contributed by atoms with E-state index in [1.54, 1.807) is 0 Å². The molecule has 3 heteroatoms. The standard InChI is InChI=1S/C25H19PS2/c1-18-16-22-21-14-8-9-15-24(21)28-25(22)23(17-18)26(27,19-10-4-2-5-11-19)20-12-6-3-7-13-20/h2-17H,1H3. The summed E-state index contributed by atoms with van der Waals surface area (Å²) in [6.07, 6.45) is 0. The molecule has 0 unspecified atom stereocenters. The first-order valence-electron chi connectivity index (χ1n) is 9.32. The van der Waals surface area contributed by atoms with Gasteiger partial charge in [-0.3, -0.25) is 0 Å². The first-order valence-corrected chi connectivity index (χ1v) is 12.9. The molecule has 136 valence electrons. The van der Waals surface area contributed by atoms with Crippen LogP contribution in [0.1, 0.15) is 5.56 Å². The lowest BCUT2D eigenvalue weighted by Gasteiger charge is -2.25. The van der Waals surface area contributed by atoms with E-state index < -0.39 is 6.04 Å². The lowest BCUT2D eigenvalue weighted by molar-refractivity contribution is 1.53. The second-order valence-electron chi connectivity index (χ2n) is 7.04. The van der Waals surface area contributed by atoms with E-state index in [0.29, 0.717) is 0 Å². The van der Waals surface area contributed by atoms with Crippen LogP contribution in [0.2, 0.25) is 0 Å². The number of hydrogen-bond acceptors (Lipinski definition) is 2. The lowest BCUT2D eigenvalue weighted by atomic mass is 10.1. The molecule has 1 heterocycles. The van der Waals surface area contributed by atoms with Gasteiger partial charge < -0.3 is 0 Å². The summed E-state index contributed by atoms with van der Waals surface area (Å²) in [4.78, 5) is 0. The first-order chi connectivity index (χ1) is 13.7. The van der Waals surface area contributed by atoms with Gasteiger partial charge in [-0.1, -0.05) is 90.7 Å². The number of fused-ring (bicyclic) bond motifs is 3. The molecule has 0 spiro atoms. The van der Waals surface area contributed by atoms with Crippen LogP contribution < -0.4 is 15.9 Å². The highest BCUT2D eigenvalue weighted by atomic mass is 32.4. The molecule has 0 atom stereocenters. The van der Waals surface area contributed by atoms with Gasteiger partial charge in [0, 0.05) is 31.5 Å². The molecule has 0 bridgehead atoms. The number of rotatable bonds is 3. The van der Waals surface area contributed by atoms with Crippen LogP contribution >= 0.6 is 17.4 Å². The van der Waals surface area contributed by atoms with Gasteiger partial charge in [0.15, 0.2) is 0 Å². The van der Waals surface area contributed by atoms with Crippen molar-refractivity contribution >= 4 is 65.3 Å².